The van der Waals surface area contributed by atoms with Gasteiger partial charge in [0.15, 0.2) is 5.78 Å². The number of hydrogen-bond donors (Lipinski definition) is 0. The molecule has 0 N–H and O–H groups in total. The lowest BCUT2D eigenvalue weighted by molar-refractivity contribution is 0.101. The van der Waals surface area contributed by atoms with E-state index in [9.17, 15) is 13.6 Å². The maximum Gasteiger partial charge on any atom is 0.288 e. The van der Waals surface area contributed by atoms with Gasteiger partial charge in [0, 0.05) is 10.5 Å². The van der Waals surface area contributed by atoms with Crippen molar-refractivity contribution in [1.29, 1.82) is 0 Å². The number of carbonyl (C=O) groups excluding carboxylic acids is 1. The first kappa shape index (κ1) is 15.0. The lowest BCUT2D eigenvalue weighted by atomic mass is 10.0. The number of carbonyl (C=O) groups is 1. The molecule has 2 aromatic rings. The second-order valence-electron chi connectivity index (χ2n) is 4.15. The Morgan fingerprint density at radius 1 is 1.10 bits per heavy atom. The van der Waals surface area contributed by atoms with E-state index in [1.54, 1.807) is 42.5 Å². The lowest BCUT2D eigenvalue weighted by Gasteiger charge is -2.06. The molecule has 0 unspecified atom stereocenters. The molecular formula is C15H11ClF2OS. The quantitative estimate of drug-likeness (QED) is 0.546. The molecule has 0 amide bonds. The molecule has 0 aliphatic carbocycles. The number of ketones is 1. The lowest BCUT2D eigenvalue weighted by Crippen LogP contribution is -1.93. The second-order valence-corrected chi connectivity index (χ2v) is 5.62. The molecule has 0 bridgehead atoms. The zero-order valence-electron chi connectivity index (χ0n) is 10.6. The minimum absolute atomic E-state index is 0.0924. The number of Topliss-reactive ketones (excluding diaryl/α,β-unsaturated/α-hetero) is 1. The van der Waals surface area contributed by atoms with Crippen molar-refractivity contribution >= 4 is 29.1 Å². The van der Waals surface area contributed by atoms with Gasteiger partial charge in [-0.1, -0.05) is 41.6 Å². The molecule has 0 aliphatic rings. The minimum Gasteiger partial charge on any atom is -0.294 e. The van der Waals surface area contributed by atoms with Gasteiger partial charge in [-0.15, -0.1) is 0 Å². The van der Waals surface area contributed by atoms with Crippen LogP contribution in [0.15, 0.2) is 47.4 Å². The Labute approximate surface area is 125 Å². The van der Waals surface area contributed by atoms with Gasteiger partial charge in [-0.2, -0.15) is 8.78 Å². The topological polar surface area (TPSA) is 17.1 Å². The van der Waals surface area contributed by atoms with Gasteiger partial charge in [0.25, 0.3) is 5.76 Å². The summed E-state index contributed by atoms with van der Waals surface area (Å²) in [5.74, 6) is -2.52. The summed E-state index contributed by atoms with van der Waals surface area (Å²) in [5, 5.41) is 0.390. The zero-order chi connectivity index (χ0) is 14.7. The van der Waals surface area contributed by atoms with Gasteiger partial charge in [-0.25, -0.2) is 0 Å². The molecule has 0 spiro atoms. The van der Waals surface area contributed by atoms with Crippen LogP contribution in [0.25, 0.3) is 11.1 Å². The molecule has 2 aromatic carbocycles. The van der Waals surface area contributed by atoms with E-state index in [1.165, 1.54) is 6.92 Å². The van der Waals surface area contributed by atoms with Gasteiger partial charge in [0.1, 0.15) is 0 Å². The van der Waals surface area contributed by atoms with Crippen LogP contribution in [0.3, 0.4) is 0 Å². The largest absolute Gasteiger partial charge is 0.294 e. The van der Waals surface area contributed by atoms with Crippen molar-refractivity contribution in [2.24, 2.45) is 0 Å². The van der Waals surface area contributed by atoms with E-state index in [0.717, 1.165) is 11.1 Å². The molecule has 0 saturated heterocycles. The fourth-order valence-electron chi connectivity index (χ4n) is 1.81. The zero-order valence-corrected chi connectivity index (χ0v) is 12.1. The monoisotopic (exact) mass is 312 g/mol. The molecule has 20 heavy (non-hydrogen) atoms. The van der Waals surface area contributed by atoms with Crippen molar-refractivity contribution in [2.75, 3.05) is 0 Å². The summed E-state index contributed by atoms with van der Waals surface area (Å²) in [7, 11) is 0. The number of alkyl halides is 2. The molecule has 5 heteroatoms. The van der Waals surface area contributed by atoms with Crippen LogP contribution in [0.2, 0.25) is 5.02 Å². The average Bonchev–Trinajstić information content (AvgIpc) is 2.38. The van der Waals surface area contributed by atoms with E-state index >= 15 is 0 Å². The third-order valence-corrected chi connectivity index (χ3v) is 3.80. The third kappa shape index (κ3) is 3.58. The Balaban J connectivity index is 2.28. The van der Waals surface area contributed by atoms with E-state index in [0.29, 0.717) is 27.2 Å². The highest BCUT2D eigenvalue weighted by Gasteiger charge is 2.08. The summed E-state index contributed by atoms with van der Waals surface area (Å²) in [6, 6.07) is 11.9. The number of thioether (sulfide) groups is 1. The number of halogens is 3. The Hall–Kier alpha value is -1.39. The molecule has 0 atom stereocenters. The van der Waals surface area contributed by atoms with Crippen LogP contribution in [-0.2, 0) is 0 Å². The van der Waals surface area contributed by atoms with Crippen molar-refractivity contribution in [2.45, 2.75) is 17.6 Å². The van der Waals surface area contributed by atoms with E-state index in [2.05, 4.69) is 0 Å². The number of benzene rings is 2. The Bertz CT molecular complexity index is 626. The van der Waals surface area contributed by atoms with Gasteiger partial charge >= 0.3 is 0 Å². The highest BCUT2D eigenvalue weighted by Crippen LogP contribution is 2.30. The van der Waals surface area contributed by atoms with Crippen molar-refractivity contribution in [3.63, 3.8) is 0 Å². The van der Waals surface area contributed by atoms with Crippen LogP contribution in [-0.4, -0.2) is 11.5 Å². The first-order valence-electron chi connectivity index (χ1n) is 5.83. The van der Waals surface area contributed by atoms with Crippen molar-refractivity contribution in [3.05, 3.63) is 53.1 Å². The van der Waals surface area contributed by atoms with Crippen LogP contribution in [0.4, 0.5) is 8.78 Å². The van der Waals surface area contributed by atoms with E-state index in [4.69, 9.17) is 11.6 Å². The molecule has 104 valence electrons. The van der Waals surface area contributed by atoms with Gasteiger partial charge in [-0.05, 0) is 42.3 Å². The molecule has 0 aromatic heterocycles. The Kier molecular flexibility index (Phi) is 4.78. The SMILES string of the molecule is CC(=O)c1ccc(-c2ccc(SC(F)F)cc2)cc1Cl. The normalized spacial score (nSPS) is 10.8. The first-order chi connectivity index (χ1) is 9.47. The maximum absolute atomic E-state index is 12.2. The van der Waals surface area contributed by atoms with E-state index in [1.807, 2.05) is 0 Å². The van der Waals surface area contributed by atoms with Crippen LogP contribution >= 0.6 is 23.4 Å². The number of rotatable bonds is 4. The van der Waals surface area contributed by atoms with Crippen LogP contribution in [0.5, 0.6) is 0 Å². The fraction of sp³-hybridized carbons (Fsp3) is 0.133. The highest BCUT2D eigenvalue weighted by atomic mass is 35.5. The van der Waals surface area contributed by atoms with Crippen molar-refractivity contribution in [3.8, 4) is 11.1 Å². The summed E-state index contributed by atoms with van der Waals surface area (Å²) in [6.45, 7) is 1.46. The van der Waals surface area contributed by atoms with Crippen LogP contribution < -0.4 is 0 Å². The molecule has 0 fully saturated rings. The Morgan fingerprint density at radius 3 is 2.20 bits per heavy atom. The predicted molar refractivity (Wildman–Crippen MR) is 78.8 cm³/mol. The molecule has 1 nitrogen and oxygen atoms in total. The van der Waals surface area contributed by atoms with Crippen LogP contribution in [0.1, 0.15) is 17.3 Å². The summed E-state index contributed by atoms with van der Waals surface area (Å²) < 4.78 is 24.5. The summed E-state index contributed by atoms with van der Waals surface area (Å²) in [4.78, 5) is 11.8. The van der Waals surface area contributed by atoms with E-state index in [-0.39, 0.29) is 5.78 Å². The molecular weight excluding hydrogens is 302 g/mol. The first-order valence-corrected chi connectivity index (χ1v) is 7.09. The van der Waals surface area contributed by atoms with Gasteiger partial charge in [0.05, 0.1) is 5.02 Å². The molecule has 0 saturated carbocycles. The molecule has 0 heterocycles. The van der Waals surface area contributed by atoms with Crippen LogP contribution in [0, 0.1) is 0 Å². The second kappa shape index (κ2) is 6.37. The highest BCUT2D eigenvalue weighted by molar-refractivity contribution is 7.99. The average molecular weight is 313 g/mol. The summed E-state index contributed by atoms with van der Waals surface area (Å²) in [6.07, 6.45) is 0. The standard InChI is InChI=1S/C15H11ClF2OS/c1-9(19)13-7-4-11(8-14(13)16)10-2-5-12(6-3-10)20-15(17)18/h2-8,15H,1H3. The van der Waals surface area contributed by atoms with E-state index < -0.39 is 5.76 Å². The maximum atomic E-state index is 12.2. The summed E-state index contributed by atoms with van der Waals surface area (Å²) in [5.41, 5.74) is 2.18. The predicted octanol–water partition coefficient (Wildman–Crippen LogP) is 5.52. The van der Waals surface area contributed by atoms with Gasteiger partial charge in [-0.3, -0.25) is 4.79 Å². The minimum atomic E-state index is -2.43. The Morgan fingerprint density at radius 2 is 1.70 bits per heavy atom. The molecule has 2 rings (SSSR count). The summed E-state index contributed by atoms with van der Waals surface area (Å²) >= 11 is 6.56. The fourth-order valence-corrected chi connectivity index (χ4v) is 2.62. The third-order valence-electron chi connectivity index (χ3n) is 2.76. The molecule has 0 radical (unpaired) electrons. The smallest absolute Gasteiger partial charge is 0.288 e. The van der Waals surface area contributed by atoms with Gasteiger partial charge < -0.3 is 0 Å². The molecule has 0 aliphatic heterocycles. The van der Waals surface area contributed by atoms with Crippen molar-refractivity contribution in [1.82, 2.24) is 0 Å². The van der Waals surface area contributed by atoms with Crippen molar-refractivity contribution < 1.29 is 13.6 Å². The number of hydrogen-bond acceptors (Lipinski definition) is 2. The van der Waals surface area contributed by atoms with Gasteiger partial charge in [0.2, 0.25) is 0 Å².